The molecule has 0 spiro atoms. The van der Waals surface area contributed by atoms with Crippen molar-refractivity contribution in [1.29, 1.82) is 5.26 Å². The fraction of sp³-hybridized carbons (Fsp3) is 0.100. The molecule has 1 rings (SSSR count). The molecule has 0 unspecified atom stereocenters. The topological polar surface area (TPSA) is 49.8 Å². The molecule has 0 aliphatic heterocycles. The van der Waals surface area contributed by atoms with E-state index in [1.807, 2.05) is 6.07 Å². The molecule has 0 saturated heterocycles. The molecule has 3 heteroatoms. The Morgan fingerprint density at radius 3 is 2.31 bits per heavy atom. The average molecular weight is 176 g/mol. The number of rotatable bonds is 1. The van der Waals surface area contributed by atoms with E-state index in [0.717, 1.165) is 0 Å². The first-order valence-corrected chi connectivity index (χ1v) is 3.77. The van der Waals surface area contributed by atoms with Crippen molar-refractivity contribution in [1.82, 2.24) is 0 Å². The third kappa shape index (κ3) is 2.06. The van der Waals surface area contributed by atoms with Gasteiger partial charge in [0.2, 0.25) is 0 Å². The fourth-order valence-corrected chi connectivity index (χ4v) is 0.997. The molecule has 2 N–H and O–H groups in total. The summed E-state index contributed by atoms with van der Waals surface area (Å²) in [7, 11) is 0. The Bertz CT molecular complexity index is 367. The van der Waals surface area contributed by atoms with Crippen LogP contribution in [0.25, 0.3) is 5.57 Å². The largest absolute Gasteiger partial charge is 0.401 e. The van der Waals surface area contributed by atoms with Gasteiger partial charge >= 0.3 is 0 Å². The van der Waals surface area contributed by atoms with Gasteiger partial charge in [0.05, 0.1) is 5.57 Å². The lowest BCUT2D eigenvalue weighted by molar-refractivity contribution is 0.627. The summed E-state index contributed by atoms with van der Waals surface area (Å²) in [4.78, 5) is 0. The Hall–Kier alpha value is -1.82. The smallest absolute Gasteiger partial charge is 0.123 e. The maximum Gasteiger partial charge on any atom is 0.123 e. The van der Waals surface area contributed by atoms with Crippen molar-refractivity contribution >= 4 is 5.57 Å². The van der Waals surface area contributed by atoms with Crippen LogP contribution in [0.5, 0.6) is 0 Å². The monoisotopic (exact) mass is 176 g/mol. The van der Waals surface area contributed by atoms with Gasteiger partial charge in [0, 0.05) is 5.70 Å². The van der Waals surface area contributed by atoms with Crippen molar-refractivity contribution in [3.8, 4) is 6.07 Å². The van der Waals surface area contributed by atoms with E-state index in [-0.39, 0.29) is 5.82 Å². The van der Waals surface area contributed by atoms with Gasteiger partial charge in [-0.2, -0.15) is 5.26 Å². The van der Waals surface area contributed by atoms with E-state index in [2.05, 4.69) is 0 Å². The summed E-state index contributed by atoms with van der Waals surface area (Å²) in [5.41, 5.74) is 6.95. The molecular weight excluding hydrogens is 167 g/mol. The molecule has 0 fully saturated rings. The number of hydrogen-bond donors (Lipinski definition) is 1. The van der Waals surface area contributed by atoms with Gasteiger partial charge in [0.25, 0.3) is 0 Å². The van der Waals surface area contributed by atoms with Crippen LogP contribution in [0.1, 0.15) is 12.5 Å². The van der Waals surface area contributed by atoms with E-state index < -0.39 is 0 Å². The van der Waals surface area contributed by atoms with Gasteiger partial charge in [-0.1, -0.05) is 12.1 Å². The lowest BCUT2D eigenvalue weighted by Gasteiger charge is -2.00. The number of nitrogens with two attached hydrogens (primary N) is 1. The number of halogens is 1. The Morgan fingerprint density at radius 2 is 1.92 bits per heavy atom. The second-order valence-electron chi connectivity index (χ2n) is 2.68. The highest BCUT2D eigenvalue weighted by Gasteiger charge is 2.02. The number of benzene rings is 1. The molecule has 0 saturated carbocycles. The van der Waals surface area contributed by atoms with E-state index >= 15 is 0 Å². The van der Waals surface area contributed by atoms with Crippen LogP contribution in [-0.4, -0.2) is 0 Å². The maximum absolute atomic E-state index is 12.5. The fourth-order valence-electron chi connectivity index (χ4n) is 0.997. The number of nitriles is 1. The van der Waals surface area contributed by atoms with E-state index in [4.69, 9.17) is 11.0 Å². The second-order valence-corrected chi connectivity index (χ2v) is 2.68. The van der Waals surface area contributed by atoms with Crippen molar-refractivity contribution in [3.63, 3.8) is 0 Å². The molecule has 13 heavy (non-hydrogen) atoms. The van der Waals surface area contributed by atoms with Crippen molar-refractivity contribution in [2.24, 2.45) is 5.73 Å². The zero-order valence-corrected chi connectivity index (χ0v) is 7.21. The molecule has 0 bridgehead atoms. The van der Waals surface area contributed by atoms with Crippen molar-refractivity contribution in [2.45, 2.75) is 6.92 Å². The van der Waals surface area contributed by atoms with Crippen LogP contribution in [0.2, 0.25) is 0 Å². The summed E-state index contributed by atoms with van der Waals surface area (Å²) >= 11 is 0. The van der Waals surface area contributed by atoms with Crippen LogP contribution >= 0.6 is 0 Å². The molecule has 1 aromatic carbocycles. The molecule has 0 amide bonds. The van der Waals surface area contributed by atoms with Gasteiger partial charge in [-0.05, 0) is 24.6 Å². The number of allylic oxidation sites excluding steroid dienone is 2. The average Bonchev–Trinajstić information content (AvgIpc) is 2.09. The van der Waals surface area contributed by atoms with Gasteiger partial charge in [-0.25, -0.2) is 4.39 Å². The lowest BCUT2D eigenvalue weighted by Crippen LogP contribution is -1.96. The second kappa shape index (κ2) is 3.72. The first kappa shape index (κ1) is 9.27. The zero-order chi connectivity index (χ0) is 9.84. The van der Waals surface area contributed by atoms with Gasteiger partial charge in [0.1, 0.15) is 11.9 Å². The molecule has 0 heterocycles. The first-order valence-electron chi connectivity index (χ1n) is 3.77. The predicted molar refractivity (Wildman–Crippen MR) is 48.8 cm³/mol. The van der Waals surface area contributed by atoms with Gasteiger partial charge in [-0.3, -0.25) is 0 Å². The molecule has 1 aromatic rings. The van der Waals surface area contributed by atoms with Gasteiger partial charge in [0.15, 0.2) is 0 Å². The minimum Gasteiger partial charge on any atom is -0.401 e. The van der Waals surface area contributed by atoms with Crippen molar-refractivity contribution in [2.75, 3.05) is 0 Å². The molecular formula is C10H9FN2. The summed E-state index contributed by atoms with van der Waals surface area (Å²) < 4.78 is 12.5. The van der Waals surface area contributed by atoms with Crippen molar-refractivity contribution in [3.05, 3.63) is 41.3 Å². The summed E-state index contributed by atoms with van der Waals surface area (Å²) in [5, 5.41) is 8.74. The van der Waals surface area contributed by atoms with E-state index in [9.17, 15) is 4.39 Å². The van der Waals surface area contributed by atoms with E-state index in [1.54, 1.807) is 6.92 Å². The quantitative estimate of drug-likeness (QED) is 0.665. The standard InChI is InChI=1S/C10H9FN2/c1-7(13)10(6-12)8-2-4-9(11)5-3-8/h2-5H,13H2,1H3/b10-7-. The van der Waals surface area contributed by atoms with Crippen molar-refractivity contribution < 1.29 is 4.39 Å². The summed E-state index contributed by atoms with van der Waals surface area (Å²) in [6.07, 6.45) is 0. The van der Waals surface area contributed by atoms with Gasteiger partial charge in [-0.15, -0.1) is 0 Å². The molecule has 0 aromatic heterocycles. The van der Waals surface area contributed by atoms with Crippen LogP contribution in [0.3, 0.4) is 0 Å². The highest BCUT2D eigenvalue weighted by Crippen LogP contribution is 2.15. The third-order valence-electron chi connectivity index (χ3n) is 1.64. The zero-order valence-electron chi connectivity index (χ0n) is 7.21. The molecule has 0 radical (unpaired) electrons. The van der Waals surface area contributed by atoms with Crippen LogP contribution in [-0.2, 0) is 0 Å². The predicted octanol–water partition coefficient (Wildman–Crippen LogP) is 2.04. The highest BCUT2D eigenvalue weighted by molar-refractivity contribution is 5.78. The number of nitrogens with zero attached hydrogens (tertiary/aromatic N) is 1. The first-order chi connectivity index (χ1) is 6.15. The van der Waals surface area contributed by atoms with Gasteiger partial charge < -0.3 is 5.73 Å². The summed E-state index contributed by atoms with van der Waals surface area (Å²) in [6.45, 7) is 1.64. The molecule has 2 nitrogen and oxygen atoms in total. The maximum atomic E-state index is 12.5. The third-order valence-corrected chi connectivity index (χ3v) is 1.64. The minimum atomic E-state index is -0.323. The number of hydrogen-bond acceptors (Lipinski definition) is 2. The summed E-state index contributed by atoms with van der Waals surface area (Å²) in [6, 6.07) is 7.64. The Balaban J connectivity index is 3.17. The molecule has 0 atom stereocenters. The van der Waals surface area contributed by atoms with Crippen LogP contribution in [0.15, 0.2) is 30.0 Å². The van der Waals surface area contributed by atoms with Crippen LogP contribution < -0.4 is 5.73 Å². The SMILES string of the molecule is C/C(N)=C(\C#N)c1ccc(F)cc1. The highest BCUT2D eigenvalue weighted by atomic mass is 19.1. The molecule has 66 valence electrons. The Morgan fingerprint density at radius 1 is 1.38 bits per heavy atom. The molecule has 0 aliphatic carbocycles. The van der Waals surface area contributed by atoms with Crippen LogP contribution in [0, 0.1) is 17.1 Å². The summed E-state index contributed by atoms with van der Waals surface area (Å²) in [5.74, 6) is -0.323. The van der Waals surface area contributed by atoms with E-state index in [0.29, 0.717) is 16.8 Å². The minimum absolute atomic E-state index is 0.323. The lowest BCUT2D eigenvalue weighted by atomic mass is 10.1. The van der Waals surface area contributed by atoms with E-state index in [1.165, 1.54) is 24.3 Å². The molecule has 0 aliphatic rings. The Kier molecular flexibility index (Phi) is 2.65. The van der Waals surface area contributed by atoms with Crippen LogP contribution in [0.4, 0.5) is 4.39 Å². The Labute approximate surface area is 76.1 Å². The normalized spacial score (nSPS) is 11.8.